The van der Waals surface area contributed by atoms with Crippen molar-refractivity contribution >= 4 is 0 Å². The molecule has 0 saturated heterocycles. The molecule has 0 N–H and O–H groups in total. The van der Waals surface area contributed by atoms with Crippen molar-refractivity contribution in [2.24, 2.45) is 5.92 Å². The molecular weight excluding hydrogens is 348 g/mol. The van der Waals surface area contributed by atoms with E-state index in [2.05, 4.69) is 75.8 Å². The Labute approximate surface area is 179 Å². The van der Waals surface area contributed by atoms with Crippen molar-refractivity contribution in [1.82, 2.24) is 0 Å². The van der Waals surface area contributed by atoms with Crippen LogP contribution in [0.1, 0.15) is 85.3 Å². The van der Waals surface area contributed by atoms with Gasteiger partial charge in [0.15, 0.2) is 0 Å². The molecular formula is C29H36. The topological polar surface area (TPSA) is 0 Å². The molecule has 2 aromatic rings. The van der Waals surface area contributed by atoms with Gasteiger partial charge in [0.25, 0.3) is 0 Å². The zero-order valence-electron chi connectivity index (χ0n) is 18.8. The lowest BCUT2D eigenvalue weighted by Crippen LogP contribution is -2.03. The summed E-state index contributed by atoms with van der Waals surface area (Å²) < 4.78 is 0. The van der Waals surface area contributed by atoms with Crippen molar-refractivity contribution in [3.63, 3.8) is 0 Å². The molecule has 0 aliphatic rings. The van der Waals surface area contributed by atoms with E-state index in [4.69, 9.17) is 6.42 Å². The number of hydrogen-bond acceptors (Lipinski definition) is 0. The van der Waals surface area contributed by atoms with Crippen LogP contribution in [0.5, 0.6) is 0 Å². The summed E-state index contributed by atoms with van der Waals surface area (Å²) in [6.07, 6.45) is 15.5. The van der Waals surface area contributed by atoms with E-state index in [1.807, 2.05) is 6.07 Å². The second-order valence-corrected chi connectivity index (χ2v) is 8.19. The van der Waals surface area contributed by atoms with Crippen LogP contribution in [0.25, 0.3) is 0 Å². The second kappa shape index (κ2) is 12.2. The van der Waals surface area contributed by atoms with E-state index in [0.717, 1.165) is 30.4 Å². The molecule has 1 unspecified atom stereocenters. The molecule has 0 nitrogen and oxygen atoms in total. The van der Waals surface area contributed by atoms with Crippen molar-refractivity contribution in [2.45, 2.75) is 79.1 Å². The Balaban J connectivity index is 2.05. The van der Waals surface area contributed by atoms with Crippen molar-refractivity contribution < 1.29 is 0 Å². The zero-order valence-corrected chi connectivity index (χ0v) is 18.8. The first kappa shape index (κ1) is 22.8. The van der Waals surface area contributed by atoms with Gasteiger partial charge >= 0.3 is 0 Å². The SMILES string of the molecule is C#Cc1cc(C)c(C)c(C)c1CCCC(C#Cc1ccccc1)CCCCCC. The van der Waals surface area contributed by atoms with Gasteiger partial charge in [0.2, 0.25) is 0 Å². The van der Waals surface area contributed by atoms with Gasteiger partial charge in [-0.3, -0.25) is 0 Å². The summed E-state index contributed by atoms with van der Waals surface area (Å²) in [7, 11) is 0. The van der Waals surface area contributed by atoms with Crippen LogP contribution >= 0.6 is 0 Å². The first-order valence-electron chi connectivity index (χ1n) is 11.2. The minimum Gasteiger partial charge on any atom is -0.115 e. The van der Waals surface area contributed by atoms with Crippen LogP contribution in [0, 0.1) is 50.9 Å². The maximum atomic E-state index is 5.80. The normalized spacial score (nSPS) is 11.4. The van der Waals surface area contributed by atoms with Crippen molar-refractivity contribution in [1.29, 1.82) is 0 Å². The number of hydrogen-bond donors (Lipinski definition) is 0. The van der Waals surface area contributed by atoms with Crippen molar-refractivity contribution in [3.05, 3.63) is 69.8 Å². The van der Waals surface area contributed by atoms with Gasteiger partial charge in [-0.15, -0.1) is 6.42 Å². The summed E-state index contributed by atoms with van der Waals surface area (Å²) in [6.45, 7) is 8.84. The Hall–Kier alpha value is -2.44. The summed E-state index contributed by atoms with van der Waals surface area (Å²) in [5.41, 5.74) is 7.58. The van der Waals surface area contributed by atoms with Crippen molar-refractivity contribution in [3.8, 4) is 24.2 Å². The Bertz CT molecular complexity index is 868. The Morgan fingerprint density at radius 3 is 2.31 bits per heavy atom. The van der Waals surface area contributed by atoms with Gasteiger partial charge in [-0.25, -0.2) is 0 Å². The van der Waals surface area contributed by atoms with E-state index < -0.39 is 0 Å². The fourth-order valence-electron chi connectivity index (χ4n) is 3.93. The first-order valence-corrected chi connectivity index (χ1v) is 11.2. The molecule has 29 heavy (non-hydrogen) atoms. The molecule has 1 atom stereocenters. The highest BCUT2D eigenvalue weighted by atomic mass is 14.2. The third-order valence-corrected chi connectivity index (χ3v) is 6.03. The smallest absolute Gasteiger partial charge is 0.0280 e. The van der Waals surface area contributed by atoms with Crippen LogP contribution < -0.4 is 0 Å². The quantitative estimate of drug-likeness (QED) is 0.309. The molecule has 0 bridgehead atoms. The van der Waals surface area contributed by atoms with E-state index in [9.17, 15) is 0 Å². The van der Waals surface area contributed by atoms with Gasteiger partial charge in [-0.05, 0) is 86.9 Å². The monoisotopic (exact) mass is 384 g/mol. The van der Waals surface area contributed by atoms with E-state index >= 15 is 0 Å². The van der Waals surface area contributed by atoms with Gasteiger partial charge in [-0.1, -0.05) is 68.6 Å². The van der Waals surface area contributed by atoms with Crippen LogP contribution in [-0.2, 0) is 6.42 Å². The third-order valence-electron chi connectivity index (χ3n) is 6.03. The molecule has 0 fully saturated rings. The average Bonchev–Trinajstić information content (AvgIpc) is 2.74. The van der Waals surface area contributed by atoms with Gasteiger partial charge < -0.3 is 0 Å². The van der Waals surface area contributed by atoms with Gasteiger partial charge in [0.05, 0.1) is 0 Å². The number of terminal acetylenes is 1. The van der Waals surface area contributed by atoms with Crippen LogP contribution in [-0.4, -0.2) is 0 Å². The molecule has 0 heterocycles. The summed E-state index contributed by atoms with van der Waals surface area (Å²) in [6, 6.07) is 12.5. The predicted molar refractivity (Wildman–Crippen MR) is 127 cm³/mol. The Morgan fingerprint density at radius 1 is 0.897 bits per heavy atom. The molecule has 0 saturated carbocycles. The molecule has 2 aromatic carbocycles. The fraction of sp³-hybridized carbons (Fsp3) is 0.448. The van der Waals surface area contributed by atoms with Crippen molar-refractivity contribution in [2.75, 3.05) is 0 Å². The minimum absolute atomic E-state index is 0.466. The van der Waals surface area contributed by atoms with E-state index in [0.29, 0.717) is 5.92 Å². The molecule has 152 valence electrons. The number of benzene rings is 2. The van der Waals surface area contributed by atoms with E-state index in [1.165, 1.54) is 54.4 Å². The Morgan fingerprint density at radius 2 is 1.62 bits per heavy atom. The van der Waals surface area contributed by atoms with Crippen LogP contribution in [0.4, 0.5) is 0 Å². The lowest BCUT2D eigenvalue weighted by atomic mass is 9.89. The maximum absolute atomic E-state index is 5.80. The Kier molecular flexibility index (Phi) is 9.60. The average molecular weight is 385 g/mol. The van der Waals surface area contributed by atoms with Gasteiger partial charge in [-0.2, -0.15) is 0 Å². The third kappa shape index (κ3) is 7.15. The number of aryl methyl sites for hydroxylation is 1. The maximum Gasteiger partial charge on any atom is 0.0280 e. The summed E-state index contributed by atoms with van der Waals surface area (Å²) in [4.78, 5) is 0. The summed E-state index contributed by atoms with van der Waals surface area (Å²) in [5, 5.41) is 0. The largest absolute Gasteiger partial charge is 0.115 e. The molecule has 0 radical (unpaired) electrons. The van der Waals surface area contributed by atoms with Crippen LogP contribution in [0.15, 0.2) is 36.4 Å². The molecule has 2 rings (SSSR count). The molecule has 0 aliphatic carbocycles. The predicted octanol–water partition coefficient (Wildman–Crippen LogP) is 7.55. The number of rotatable bonds is 9. The van der Waals surface area contributed by atoms with Crippen LogP contribution in [0.3, 0.4) is 0 Å². The van der Waals surface area contributed by atoms with E-state index in [1.54, 1.807) is 0 Å². The molecule has 0 amide bonds. The number of unbranched alkanes of at least 4 members (excludes halogenated alkanes) is 3. The minimum atomic E-state index is 0.466. The highest BCUT2D eigenvalue weighted by Gasteiger charge is 2.11. The summed E-state index contributed by atoms with van der Waals surface area (Å²) >= 11 is 0. The molecule has 0 heteroatoms. The lowest BCUT2D eigenvalue weighted by molar-refractivity contribution is 0.499. The van der Waals surface area contributed by atoms with Gasteiger partial charge in [0.1, 0.15) is 0 Å². The molecule has 0 aromatic heterocycles. The molecule has 0 spiro atoms. The van der Waals surface area contributed by atoms with E-state index in [-0.39, 0.29) is 0 Å². The lowest BCUT2D eigenvalue weighted by Gasteiger charge is -2.16. The highest BCUT2D eigenvalue weighted by molar-refractivity contribution is 5.50. The summed E-state index contributed by atoms with van der Waals surface area (Å²) in [5.74, 6) is 10.4. The first-order chi connectivity index (χ1) is 14.1. The zero-order chi connectivity index (χ0) is 21.1. The standard InChI is InChI=1S/C29H36/c1-6-8-9-11-15-27(21-20-26-16-12-10-13-17-26)18-14-19-29-25(5)24(4)23(3)22-28(29)7-2/h2,10,12-13,16-17,22,27H,6,8-9,11,14-15,18-19H2,1,3-5H3. The molecule has 0 aliphatic heterocycles. The highest BCUT2D eigenvalue weighted by Crippen LogP contribution is 2.25. The van der Waals surface area contributed by atoms with Crippen LogP contribution in [0.2, 0.25) is 0 Å². The second-order valence-electron chi connectivity index (χ2n) is 8.19. The fourth-order valence-corrected chi connectivity index (χ4v) is 3.93. The van der Waals surface area contributed by atoms with Gasteiger partial charge in [0, 0.05) is 17.0 Å².